The number of nitrogens with zero attached hydrogens (tertiary/aromatic N) is 1. The molecule has 0 atom stereocenters. The van der Waals surface area contributed by atoms with E-state index in [2.05, 4.69) is 0 Å². The summed E-state index contributed by atoms with van der Waals surface area (Å²) < 4.78 is 0. The molecule has 0 fully saturated rings. The molecule has 3 heteroatoms. The Bertz CT molecular complexity index is 357. The van der Waals surface area contributed by atoms with Crippen molar-refractivity contribution in [1.29, 1.82) is 5.26 Å². The molecule has 0 amide bonds. The highest BCUT2D eigenvalue weighted by Gasteiger charge is 2.00. The minimum Gasteiger partial charge on any atom is -0.294 e. The van der Waals surface area contributed by atoms with E-state index in [-0.39, 0.29) is 5.78 Å². The van der Waals surface area contributed by atoms with Crippen LogP contribution in [-0.2, 0) is 0 Å². The van der Waals surface area contributed by atoms with Crippen LogP contribution in [0.4, 0.5) is 0 Å². The lowest BCUT2D eigenvalue weighted by Gasteiger charge is -1.82. The molecule has 0 spiro atoms. The van der Waals surface area contributed by atoms with Gasteiger partial charge in [-0.3, -0.25) is 4.79 Å². The van der Waals surface area contributed by atoms with Gasteiger partial charge in [0.15, 0.2) is 5.78 Å². The predicted molar refractivity (Wildman–Crippen MR) is 49.0 cm³/mol. The van der Waals surface area contributed by atoms with E-state index < -0.39 is 0 Å². The summed E-state index contributed by atoms with van der Waals surface area (Å²) in [6.45, 7) is 1.53. The van der Waals surface area contributed by atoms with Gasteiger partial charge in [-0.2, -0.15) is 5.26 Å². The average molecular weight is 177 g/mol. The molecular formula is C9H7NOS. The van der Waals surface area contributed by atoms with Crippen molar-refractivity contribution in [3.05, 3.63) is 28.0 Å². The van der Waals surface area contributed by atoms with Crippen molar-refractivity contribution in [3.63, 3.8) is 0 Å². The predicted octanol–water partition coefficient (Wildman–Crippen LogP) is 2.49. The first-order valence-corrected chi connectivity index (χ1v) is 4.22. The van der Waals surface area contributed by atoms with Gasteiger partial charge in [-0.15, -0.1) is 11.3 Å². The zero-order valence-electron chi connectivity index (χ0n) is 6.57. The summed E-state index contributed by atoms with van der Waals surface area (Å²) in [7, 11) is 0. The maximum atomic E-state index is 10.9. The topological polar surface area (TPSA) is 40.9 Å². The number of Topliss-reactive ketones (excluding diaryl/α,β-unsaturated/α-hetero) is 1. The van der Waals surface area contributed by atoms with E-state index in [9.17, 15) is 4.79 Å². The highest BCUT2D eigenvalue weighted by atomic mass is 32.1. The Hall–Kier alpha value is -1.40. The maximum Gasteiger partial charge on any atom is 0.169 e. The molecule has 0 aliphatic rings. The third-order valence-electron chi connectivity index (χ3n) is 1.30. The van der Waals surface area contributed by atoms with Gasteiger partial charge in [-0.1, -0.05) is 0 Å². The van der Waals surface area contributed by atoms with Crippen LogP contribution in [0.15, 0.2) is 18.2 Å². The Labute approximate surface area is 74.8 Å². The van der Waals surface area contributed by atoms with Crippen LogP contribution in [0.25, 0.3) is 6.08 Å². The molecule has 0 aliphatic heterocycles. The quantitative estimate of drug-likeness (QED) is 0.514. The van der Waals surface area contributed by atoms with Gasteiger partial charge in [-0.25, -0.2) is 0 Å². The standard InChI is InChI=1S/C9H7NOS/c1-7(11)9-5-4-8(12-9)3-2-6-10/h2-5H,1H3. The van der Waals surface area contributed by atoms with E-state index in [1.807, 2.05) is 12.1 Å². The van der Waals surface area contributed by atoms with Gasteiger partial charge < -0.3 is 0 Å². The Balaban J connectivity index is 2.86. The summed E-state index contributed by atoms with van der Waals surface area (Å²) in [5.74, 6) is 0.0663. The second kappa shape index (κ2) is 3.84. The number of nitriles is 1. The molecule has 60 valence electrons. The molecule has 1 heterocycles. The molecule has 1 rings (SSSR count). The molecule has 0 bridgehead atoms. The van der Waals surface area contributed by atoms with E-state index in [1.165, 1.54) is 24.3 Å². The lowest BCUT2D eigenvalue weighted by molar-refractivity contribution is 0.102. The van der Waals surface area contributed by atoms with Gasteiger partial charge in [0, 0.05) is 11.0 Å². The van der Waals surface area contributed by atoms with E-state index in [4.69, 9.17) is 5.26 Å². The van der Waals surface area contributed by atoms with E-state index >= 15 is 0 Å². The van der Waals surface area contributed by atoms with Crippen molar-refractivity contribution < 1.29 is 4.79 Å². The van der Waals surface area contributed by atoms with Crippen molar-refractivity contribution in [2.45, 2.75) is 6.92 Å². The number of allylic oxidation sites excluding steroid dienone is 1. The van der Waals surface area contributed by atoms with Crippen LogP contribution in [0.1, 0.15) is 21.5 Å². The van der Waals surface area contributed by atoms with Gasteiger partial charge in [0.25, 0.3) is 0 Å². The Morgan fingerprint density at radius 1 is 1.67 bits per heavy atom. The molecule has 0 radical (unpaired) electrons. The highest BCUT2D eigenvalue weighted by Crippen LogP contribution is 2.17. The molecule has 1 aromatic heterocycles. The third-order valence-corrected chi connectivity index (χ3v) is 2.45. The van der Waals surface area contributed by atoms with Gasteiger partial charge in [0.2, 0.25) is 0 Å². The summed E-state index contributed by atoms with van der Waals surface area (Å²) in [6, 6.07) is 5.49. The largest absolute Gasteiger partial charge is 0.294 e. The highest BCUT2D eigenvalue weighted by molar-refractivity contribution is 7.14. The number of ketones is 1. The Morgan fingerprint density at radius 2 is 2.42 bits per heavy atom. The van der Waals surface area contributed by atoms with Crippen LogP contribution in [0.2, 0.25) is 0 Å². The summed E-state index contributed by atoms with van der Waals surface area (Å²) in [6.07, 6.45) is 3.09. The fourth-order valence-corrected chi connectivity index (χ4v) is 1.56. The number of hydrogen-bond donors (Lipinski definition) is 0. The zero-order chi connectivity index (χ0) is 8.97. The maximum absolute atomic E-state index is 10.9. The Morgan fingerprint density at radius 3 is 2.92 bits per heavy atom. The number of hydrogen-bond acceptors (Lipinski definition) is 3. The van der Waals surface area contributed by atoms with Crippen molar-refractivity contribution >= 4 is 23.2 Å². The van der Waals surface area contributed by atoms with Crippen LogP contribution in [-0.4, -0.2) is 5.78 Å². The smallest absolute Gasteiger partial charge is 0.169 e. The molecule has 1 aromatic rings. The summed E-state index contributed by atoms with van der Waals surface area (Å²) >= 11 is 1.39. The number of thiophene rings is 1. The summed E-state index contributed by atoms with van der Waals surface area (Å²) in [4.78, 5) is 12.5. The second-order valence-electron chi connectivity index (χ2n) is 2.22. The van der Waals surface area contributed by atoms with Gasteiger partial charge in [0.05, 0.1) is 10.9 Å². The van der Waals surface area contributed by atoms with Crippen molar-refractivity contribution in [2.75, 3.05) is 0 Å². The van der Waals surface area contributed by atoms with Gasteiger partial charge >= 0.3 is 0 Å². The second-order valence-corrected chi connectivity index (χ2v) is 3.34. The van der Waals surface area contributed by atoms with E-state index in [1.54, 1.807) is 12.1 Å². The first-order chi connectivity index (χ1) is 5.74. The van der Waals surface area contributed by atoms with Crippen LogP contribution >= 0.6 is 11.3 Å². The summed E-state index contributed by atoms with van der Waals surface area (Å²) in [5.41, 5.74) is 0. The van der Waals surface area contributed by atoms with Crippen molar-refractivity contribution in [2.24, 2.45) is 0 Å². The number of rotatable bonds is 2. The molecule has 0 aromatic carbocycles. The van der Waals surface area contributed by atoms with Gasteiger partial charge in [-0.05, 0) is 25.1 Å². The number of carbonyl (C=O) groups is 1. The molecule has 0 aliphatic carbocycles. The molecule has 0 saturated heterocycles. The monoisotopic (exact) mass is 177 g/mol. The molecule has 0 N–H and O–H groups in total. The zero-order valence-corrected chi connectivity index (χ0v) is 7.39. The van der Waals surface area contributed by atoms with Gasteiger partial charge in [0.1, 0.15) is 0 Å². The lowest BCUT2D eigenvalue weighted by atomic mass is 10.3. The average Bonchev–Trinajstić information content (AvgIpc) is 2.48. The normalized spacial score (nSPS) is 10.0. The molecule has 0 saturated carbocycles. The van der Waals surface area contributed by atoms with Crippen LogP contribution in [0, 0.1) is 11.3 Å². The fraction of sp³-hybridized carbons (Fsp3) is 0.111. The molecule has 12 heavy (non-hydrogen) atoms. The third kappa shape index (κ3) is 2.04. The van der Waals surface area contributed by atoms with Crippen molar-refractivity contribution in [3.8, 4) is 6.07 Å². The first-order valence-electron chi connectivity index (χ1n) is 3.41. The molecular weight excluding hydrogens is 170 g/mol. The summed E-state index contributed by atoms with van der Waals surface area (Å²) in [5, 5.41) is 8.24. The van der Waals surface area contributed by atoms with E-state index in [0.29, 0.717) is 0 Å². The minimum absolute atomic E-state index is 0.0663. The van der Waals surface area contributed by atoms with Crippen molar-refractivity contribution in [1.82, 2.24) is 0 Å². The minimum atomic E-state index is 0.0663. The first kappa shape index (κ1) is 8.69. The Kier molecular flexibility index (Phi) is 2.78. The van der Waals surface area contributed by atoms with Crippen LogP contribution < -0.4 is 0 Å². The fourth-order valence-electron chi connectivity index (χ4n) is 0.751. The number of carbonyl (C=O) groups excluding carboxylic acids is 1. The molecule has 0 unspecified atom stereocenters. The lowest BCUT2D eigenvalue weighted by Crippen LogP contribution is -1.83. The van der Waals surface area contributed by atoms with Crippen LogP contribution in [0.3, 0.4) is 0 Å². The van der Waals surface area contributed by atoms with E-state index in [0.717, 1.165) is 9.75 Å². The molecule has 2 nitrogen and oxygen atoms in total. The SMILES string of the molecule is CC(=O)c1ccc(C=CC#N)s1. The van der Waals surface area contributed by atoms with Crippen LogP contribution in [0.5, 0.6) is 0 Å².